The van der Waals surface area contributed by atoms with Crippen molar-refractivity contribution < 1.29 is 24.3 Å². The first-order valence-electron chi connectivity index (χ1n) is 16.3. The van der Waals surface area contributed by atoms with Gasteiger partial charge in [0.05, 0.1) is 24.9 Å². The number of aromatic nitrogens is 6. The zero-order valence-corrected chi connectivity index (χ0v) is 27.6. The van der Waals surface area contributed by atoms with Crippen LogP contribution in [0.2, 0.25) is 0 Å². The number of carboxylic acid groups (broad SMARTS) is 1. The van der Waals surface area contributed by atoms with Crippen LogP contribution in [0.1, 0.15) is 48.8 Å². The molecule has 0 fully saturated rings. The number of hydrogen-bond donors (Lipinski definition) is 5. The molecule has 0 aliphatic rings. The largest absolute Gasteiger partial charge is 0.480 e. The van der Waals surface area contributed by atoms with Crippen LogP contribution in [0.5, 0.6) is 0 Å². The maximum Gasteiger partial charge on any atom is 0.326 e. The molecule has 0 saturated carbocycles. The third kappa shape index (κ3) is 9.04. The van der Waals surface area contributed by atoms with Crippen molar-refractivity contribution in [1.82, 2.24) is 40.8 Å². The Kier molecular flexibility index (Phi) is 11.8. The molecule has 6 N–H and O–H groups in total. The van der Waals surface area contributed by atoms with Crippen LogP contribution in [-0.2, 0) is 45.1 Å². The van der Waals surface area contributed by atoms with E-state index >= 15 is 0 Å². The van der Waals surface area contributed by atoms with Crippen molar-refractivity contribution in [2.24, 2.45) is 11.7 Å². The number of aromatic amines is 1. The highest BCUT2D eigenvalue weighted by Gasteiger charge is 2.30. The number of primary amides is 1. The second kappa shape index (κ2) is 16.8. The average Bonchev–Trinajstić information content (AvgIpc) is 3.79. The SMILES string of the molecule is CCCCc1ncc(CNC(=O)CC(NC(=O)C(Cc2ccccc2)C(N)=O)C(=O)O)n1Cc1ccc(-c2ccccc2-c2nnn[nH]2)cc1. The average molecular weight is 678 g/mol. The van der Waals surface area contributed by atoms with E-state index in [1.54, 1.807) is 36.5 Å². The Labute approximate surface area is 288 Å². The number of nitrogens with zero attached hydrogens (tertiary/aromatic N) is 5. The number of tetrazole rings is 1. The molecule has 2 unspecified atom stereocenters. The second-order valence-corrected chi connectivity index (χ2v) is 11.9. The van der Waals surface area contributed by atoms with Crippen LogP contribution in [-0.4, -0.2) is 65.0 Å². The number of aliphatic carboxylic acids is 1. The number of imidazole rings is 1. The van der Waals surface area contributed by atoms with Gasteiger partial charge in [-0.15, -0.1) is 5.10 Å². The summed E-state index contributed by atoms with van der Waals surface area (Å²) in [5, 5.41) is 29.1. The number of aryl methyl sites for hydroxylation is 1. The summed E-state index contributed by atoms with van der Waals surface area (Å²) in [6.07, 6.45) is 3.84. The van der Waals surface area contributed by atoms with E-state index in [-0.39, 0.29) is 13.0 Å². The third-order valence-corrected chi connectivity index (χ3v) is 8.32. The molecule has 50 heavy (non-hydrogen) atoms. The van der Waals surface area contributed by atoms with E-state index in [9.17, 15) is 24.3 Å². The number of carbonyl (C=O) groups is 4. The number of hydrogen-bond acceptors (Lipinski definition) is 8. The van der Waals surface area contributed by atoms with E-state index in [0.717, 1.165) is 53.0 Å². The molecule has 2 aromatic heterocycles. The lowest BCUT2D eigenvalue weighted by molar-refractivity contribution is -0.145. The predicted molar refractivity (Wildman–Crippen MR) is 184 cm³/mol. The van der Waals surface area contributed by atoms with Crippen LogP contribution in [0.4, 0.5) is 0 Å². The molecule has 3 aromatic carbocycles. The van der Waals surface area contributed by atoms with Gasteiger partial charge in [0.15, 0.2) is 5.82 Å². The van der Waals surface area contributed by atoms with Crippen LogP contribution in [0.25, 0.3) is 22.5 Å². The molecule has 0 radical (unpaired) electrons. The van der Waals surface area contributed by atoms with Crippen molar-refractivity contribution in [3.63, 3.8) is 0 Å². The zero-order chi connectivity index (χ0) is 35.5. The second-order valence-electron chi connectivity index (χ2n) is 11.9. The number of rotatable bonds is 17. The quantitative estimate of drug-likeness (QED) is 0.0915. The van der Waals surface area contributed by atoms with Gasteiger partial charge in [0.25, 0.3) is 0 Å². The Morgan fingerprint density at radius 2 is 1.66 bits per heavy atom. The molecule has 0 aliphatic heterocycles. The number of carboxylic acids is 1. The monoisotopic (exact) mass is 677 g/mol. The normalized spacial score (nSPS) is 12.2. The van der Waals surface area contributed by atoms with Gasteiger partial charge in [0, 0.05) is 18.5 Å². The smallest absolute Gasteiger partial charge is 0.326 e. The van der Waals surface area contributed by atoms with E-state index < -0.39 is 42.1 Å². The number of amides is 3. The van der Waals surface area contributed by atoms with Gasteiger partial charge in [-0.3, -0.25) is 14.4 Å². The first-order valence-corrected chi connectivity index (χ1v) is 16.3. The van der Waals surface area contributed by atoms with Crippen molar-refractivity contribution >= 4 is 23.7 Å². The van der Waals surface area contributed by atoms with E-state index in [4.69, 9.17) is 5.73 Å². The number of H-pyrrole nitrogens is 1. The highest BCUT2D eigenvalue weighted by atomic mass is 16.4. The first-order chi connectivity index (χ1) is 24.2. The fraction of sp³-hybridized carbons (Fsp3) is 0.278. The maximum absolute atomic E-state index is 13.0. The Morgan fingerprint density at radius 3 is 2.32 bits per heavy atom. The topological polar surface area (TPSA) is 211 Å². The molecule has 0 bridgehead atoms. The number of unbranched alkanes of at least 4 members (excludes halogenated alkanes) is 1. The van der Waals surface area contributed by atoms with Gasteiger partial charge in [0.2, 0.25) is 17.7 Å². The molecule has 258 valence electrons. The molecule has 2 heterocycles. The van der Waals surface area contributed by atoms with Crippen LogP contribution < -0.4 is 16.4 Å². The van der Waals surface area contributed by atoms with Crippen LogP contribution >= 0.6 is 0 Å². The van der Waals surface area contributed by atoms with Crippen LogP contribution in [0.15, 0.2) is 85.1 Å². The lowest BCUT2D eigenvalue weighted by Crippen LogP contribution is -2.49. The number of carbonyl (C=O) groups excluding carboxylic acids is 3. The summed E-state index contributed by atoms with van der Waals surface area (Å²) in [6.45, 7) is 2.69. The highest BCUT2D eigenvalue weighted by Crippen LogP contribution is 2.30. The molecule has 14 nitrogen and oxygen atoms in total. The first kappa shape index (κ1) is 35.1. The number of nitrogens with one attached hydrogen (secondary N) is 3. The third-order valence-electron chi connectivity index (χ3n) is 8.32. The van der Waals surface area contributed by atoms with E-state index in [1.165, 1.54) is 0 Å². The lowest BCUT2D eigenvalue weighted by Gasteiger charge is -2.19. The van der Waals surface area contributed by atoms with Crippen molar-refractivity contribution in [2.75, 3.05) is 0 Å². The molecular weight excluding hydrogens is 638 g/mol. The fourth-order valence-corrected chi connectivity index (χ4v) is 5.60. The molecule has 5 rings (SSSR count). The highest BCUT2D eigenvalue weighted by molar-refractivity contribution is 6.01. The van der Waals surface area contributed by atoms with E-state index in [0.29, 0.717) is 17.9 Å². The van der Waals surface area contributed by atoms with Gasteiger partial charge >= 0.3 is 5.97 Å². The minimum atomic E-state index is -1.56. The molecule has 0 saturated heterocycles. The molecule has 3 amide bonds. The summed E-state index contributed by atoms with van der Waals surface area (Å²) in [7, 11) is 0. The Morgan fingerprint density at radius 1 is 0.940 bits per heavy atom. The molecule has 14 heteroatoms. The predicted octanol–water partition coefficient (Wildman–Crippen LogP) is 3.04. The Balaban J connectivity index is 1.25. The van der Waals surface area contributed by atoms with Gasteiger partial charge in [-0.2, -0.15) is 0 Å². The molecule has 0 aliphatic carbocycles. The summed E-state index contributed by atoms with van der Waals surface area (Å²) in [6, 6.07) is 23.2. The summed E-state index contributed by atoms with van der Waals surface area (Å²) in [5.41, 5.74) is 10.8. The Bertz CT molecular complexity index is 1910. The van der Waals surface area contributed by atoms with Crippen molar-refractivity contribution in [3.05, 3.63) is 108 Å². The summed E-state index contributed by atoms with van der Waals surface area (Å²) in [4.78, 5) is 54.6. The summed E-state index contributed by atoms with van der Waals surface area (Å²) >= 11 is 0. The van der Waals surface area contributed by atoms with Crippen LogP contribution in [0, 0.1) is 5.92 Å². The van der Waals surface area contributed by atoms with E-state index in [2.05, 4.69) is 47.7 Å². The Hall–Kier alpha value is -6.18. The van der Waals surface area contributed by atoms with Gasteiger partial charge < -0.3 is 26.0 Å². The number of benzene rings is 3. The minimum absolute atomic E-state index is 0.00128. The van der Waals surface area contributed by atoms with E-state index in [1.807, 2.05) is 48.5 Å². The number of nitrogens with two attached hydrogens (primary N) is 1. The van der Waals surface area contributed by atoms with Crippen molar-refractivity contribution in [1.29, 1.82) is 0 Å². The van der Waals surface area contributed by atoms with Crippen molar-refractivity contribution in [2.45, 2.75) is 58.2 Å². The summed E-state index contributed by atoms with van der Waals surface area (Å²) in [5.74, 6) is -3.61. The van der Waals surface area contributed by atoms with Crippen molar-refractivity contribution in [3.8, 4) is 22.5 Å². The molecule has 0 spiro atoms. The fourth-order valence-electron chi connectivity index (χ4n) is 5.60. The molecule has 5 aromatic rings. The lowest BCUT2D eigenvalue weighted by atomic mass is 9.97. The minimum Gasteiger partial charge on any atom is -0.480 e. The summed E-state index contributed by atoms with van der Waals surface area (Å²) < 4.78 is 2.05. The van der Waals surface area contributed by atoms with Gasteiger partial charge in [-0.1, -0.05) is 92.2 Å². The maximum atomic E-state index is 13.0. The molecule has 2 atom stereocenters. The van der Waals surface area contributed by atoms with Gasteiger partial charge in [-0.25, -0.2) is 14.9 Å². The zero-order valence-electron chi connectivity index (χ0n) is 27.6. The van der Waals surface area contributed by atoms with Crippen LogP contribution in [0.3, 0.4) is 0 Å². The van der Waals surface area contributed by atoms with Gasteiger partial charge in [0.1, 0.15) is 17.8 Å². The van der Waals surface area contributed by atoms with Gasteiger partial charge in [-0.05, 0) is 45.5 Å². The standard InChI is InChI=1S/C36H39N9O5/c1-2-3-13-31-38-20-26(45(31)22-24-14-16-25(17-15-24)27-11-7-8-12-28(27)34-41-43-44-42-34)21-39-32(46)19-30(36(49)50)40-35(48)29(33(37)47)18-23-9-5-4-6-10-23/h4-12,14-17,20,29-30H,2-3,13,18-19,21-22H2,1H3,(H2,37,47)(H,39,46)(H,40,48)(H,49,50)(H,41,42,43,44). The molecular formula is C36H39N9O5.